The van der Waals surface area contributed by atoms with Crippen LogP contribution in [0.25, 0.3) is 0 Å². The third-order valence-corrected chi connectivity index (χ3v) is 4.13. The number of allylic oxidation sites excluding steroid dienone is 1. The fourth-order valence-corrected chi connectivity index (χ4v) is 2.73. The maximum atomic E-state index is 5.39. The predicted molar refractivity (Wildman–Crippen MR) is 97.4 cm³/mol. The Labute approximate surface area is 134 Å². The van der Waals surface area contributed by atoms with Crippen molar-refractivity contribution in [1.29, 1.82) is 0 Å². The SMILES string of the molecule is CCCCCCCCCCCCCCCCC=C[CH]CN. The molecule has 0 aliphatic rings. The minimum atomic E-state index is 0.662. The molecule has 0 aliphatic heterocycles. The first kappa shape index (κ1) is 20.7. The minimum Gasteiger partial charge on any atom is -0.330 e. The normalized spacial score (nSPS) is 11.5. The van der Waals surface area contributed by atoms with E-state index in [0.717, 1.165) is 0 Å². The van der Waals surface area contributed by atoms with E-state index in [1.807, 2.05) is 6.42 Å². The second kappa shape index (κ2) is 19.7. The summed E-state index contributed by atoms with van der Waals surface area (Å²) in [6, 6.07) is 0. The van der Waals surface area contributed by atoms with E-state index in [0.29, 0.717) is 6.54 Å². The molecule has 0 spiro atoms. The zero-order valence-electron chi connectivity index (χ0n) is 14.6. The first-order chi connectivity index (χ1) is 10.4. The van der Waals surface area contributed by atoms with Gasteiger partial charge in [0.15, 0.2) is 0 Å². The van der Waals surface area contributed by atoms with Gasteiger partial charge in [0.05, 0.1) is 0 Å². The fraction of sp³-hybridized carbons (Fsp3) is 0.850. The van der Waals surface area contributed by atoms with Crippen LogP contribution in [0, 0.1) is 6.42 Å². The third-order valence-electron chi connectivity index (χ3n) is 4.13. The Kier molecular flexibility index (Phi) is 19.4. The maximum absolute atomic E-state index is 5.39. The topological polar surface area (TPSA) is 26.0 Å². The summed E-state index contributed by atoms with van der Waals surface area (Å²) in [4.78, 5) is 0. The molecule has 1 heteroatoms. The summed E-state index contributed by atoms with van der Waals surface area (Å²) in [6.07, 6.45) is 27.7. The Balaban J connectivity index is 2.96. The van der Waals surface area contributed by atoms with E-state index < -0.39 is 0 Å². The molecule has 0 saturated heterocycles. The van der Waals surface area contributed by atoms with E-state index in [-0.39, 0.29) is 0 Å². The van der Waals surface area contributed by atoms with Gasteiger partial charge in [-0.1, -0.05) is 103 Å². The molecule has 1 nitrogen and oxygen atoms in total. The number of hydrogen-bond donors (Lipinski definition) is 1. The van der Waals surface area contributed by atoms with Crippen molar-refractivity contribution in [2.24, 2.45) is 5.73 Å². The Bertz CT molecular complexity index is 198. The highest BCUT2D eigenvalue weighted by atomic mass is 14.5. The van der Waals surface area contributed by atoms with Crippen LogP contribution in [-0.4, -0.2) is 6.54 Å². The average molecular weight is 295 g/mol. The highest BCUT2D eigenvalue weighted by Crippen LogP contribution is 2.13. The van der Waals surface area contributed by atoms with Gasteiger partial charge in [0.25, 0.3) is 0 Å². The number of nitrogens with two attached hydrogens (primary N) is 1. The summed E-state index contributed by atoms with van der Waals surface area (Å²) >= 11 is 0. The van der Waals surface area contributed by atoms with Crippen LogP contribution in [0.1, 0.15) is 103 Å². The van der Waals surface area contributed by atoms with E-state index in [9.17, 15) is 0 Å². The lowest BCUT2D eigenvalue weighted by Crippen LogP contribution is -1.95. The lowest BCUT2D eigenvalue weighted by atomic mass is 10.0. The highest BCUT2D eigenvalue weighted by molar-refractivity contribution is 4.94. The van der Waals surface area contributed by atoms with Gasteiger partial charge in [0, 0.05) is 0 Å². The first-order valence-corrected chi connectivity index (χ1v) is 9.60. The summed E-state index contributed by atoms with van der Waals surface area (Å²) < 4.78 is 0. The molecule has 0 unspecified atom stereocenters. The van der Waals surface area contributed by atoms with E-state index in [4.69, 9.17) is 5.73 Å². The Hall–Kier alpha value is -0.300. The van der Waals surface area contributed by atoms with Crippen LogP contribution in [-0.2, 0) is 0 Å². The van der Waals surface area contributed by atoms with Gasteiger partial charge in [-0.15, -0.1) is 0 Å². The molecule has 0 atom stereocenters. The summed E-state index contributed by atoms with van der Waals surface area (Å²) in [5.74, 6) is 0. The van der Waals surface area contributed by atoms with Gasteiger partial charge in [-0.3, -0.25) is 0 Å². The maximum Gasteiger partial charge on any atom is -0.000802 e. The van der Waals surface area contributed by atoms with E-state index in [1.165, 1.54) is 96.3 Å². The van der Waals surface area contributed by atoms with Crippen LogP contribution >= 0.6 is 0 Å². The standard InChI is InChI=1S/C20H40N/c1-2-3-4-5-6-7-8-9-10-11-12-13-14-15-16-17-18-19-20-21/h17-19H,2-16,20-21H2,1H3. The highest BCUT2D eigenvalue weighted by Gasteiger charge is 1.93. The van der Waals surface area contributed by atoms with Crippen molar-refractivity contribution in [3.8, 4) is 0 Å². The molecule has 125 valence electrons. The molecule has 1 radical (unpaired) electrons. The average Bonchev–Trinajstić information content (AvgIpc) is 2.50. The summed E-state index contributed by atoms with van der Waals surface area (Å²) in [7, 11) is 0. The minimum absolute atomic E-state index is 0.662. The molecule has 0 heterocycles. The molecule has 0 amide bonds. The van der Waals surface area contributed by atoms with Crippen molar-refractivity contribution < 1.29 is 0 Å². The largest absolute Gasteiger partial charge is 0.330 e. The zero-order chi connectivity index (χ0) is 15.4. The van der Waals surface area contributed by atoms with Crippen LogP contribution in [0.15, 0.2) is 12.2 Å². The summed E-state index contributed by atoms with van der Waals surface area (Å²) in [6.45, 7) is 2.95. The third kappa shape index (κ3) is 19.7. The van der Waals surface area contributed by atoms with Crippen molar-refractivity contribution in [3.63, 3.8) is 0 Å². The molecule has 21 heavy (non-hydrogen) atoms. The molecule has 0 rings (SSSR count). The Morgan fingerprint density at radius 2 is 1.05 bits per heavy atom. The predicted octanol–water partition coefficient (Wildman–Crippen LogP) is 6.58. The van der Waals surface area contributed by atoms with Crippen molar-refractivity contribution in [2.45, 2.75) is 103 Å². The van der Waals surface area contributed by atoms with Crippen molar-refractivity contribution in [2.75, 3.05) is 6.54 Å². The van der Waals surface area contributed by atoms with Crippen molar-refractivity contribution in [3.05, 3.63) is 18.6 Å². The summed E-state index contributed by atoms with van der Waals surface area (Å²) in [5.41, 5.74) is 5.39. The van der Waals surface area contributed by atoms with Gasteiger partial charge >= 0.3 is 0 Å². The van der Waals surface area contributed by atoms with Crippen LogP contribution in [0.4, 0.5) is 0 Å². The van der Waals surface area contributed by atoms with Gasteiger partial charge in [0.1, 0.15) is 0 Å². The number of hydrogen-bond acceptors (Lipinski definition) is 1. The molecule has 0 saturated carbocycles. The molecular formula is C20H40N. The van der Waals surface area contributed by atoms with Crippen LogP contribution in [0.3, 0.4) is 0 Å². The second-order valence-corrected chi connectivity index (χ2v) is 6.28. The fourth-order valence-electron chi connectivity index (χ4n) is 2.73. The van der Waals surface area contributed by atoms with Gasteiger partial charge in [0.2, 0.25) is 0 Å². The van der Waals surface area contributed by atoms with E-state index >= 15 is 0 Å². The Morgan fingerprint density at radius 1 is 0.619 bits per heavy atom. The second-order valence-electron chi connectivity index (χ2n) is 6.28. The molecule has 0 aliphatic carbocycles. The lowest BCUT2D eigenvalue weighted by molar-refractivity contribution is 0.536. The number of unbranched alkanes of at least 4 members (excludes halogenated alkanes) is 14. The first-order valence-electron chi connectivity index (χ1n) is 9.60. The lowest BCUT2D eigenvalue weighted by Gasteiger charge is -2.02. The number of rotatable bonds is 17. The van der Waals surface area contributed by atoms with Gasteiger partial charge in [-0.05, 0) is 25.8 Å². The van der Waals surface area contributed by atoms with E-state index in [1.54, 1.807) is 0 Å². The Morgan fingerprint density at radius 3 is 1.48 bits per heavy atom. The smallest absolute Gasteiger partial charge is 0.000802 e. The monoisotopic (exact) mass is 294 g/mol. The van der Waals surface area contributed by atoms with Gasteiger partial charge in [-0.2, -0.15) is 0 Å². The van der Waals surface area contributed by atoms with Crippen LogP contribution < -0.4 is 5.73 Å². The van der Waals surface area contributed by atoms with Gasteiger partial charge < -0.3 is 5.73 Å². The molecule has 0 fully saturated rings. The zero-order valence-corrected chi connectivity index (χ0v) is 14.6. The van der Waals surface area contributed by atoms with Crippen molar-refractivity contribution in [1.82, 2.24) is 0 Å². The summed E-state index contributed by atoms with van der Waals surface area (Å²) in [5, 5.41) is 0. The molecular weight excluding hydrogens is 254 g/mol. The van der Waals surface area contributed by atoms with E-state index in [2.05, 4.69) is 19.1 Å². The molecule has 2 N–H and O–H groups in total. The van der Waals surface area contributed by atoms with Crippen LogP contribution in [0.2, 0.25) is 0 Å². The van der Waals surface area contributed by atoms with Crippen LogP contribution in [0.5, 0.6) is 0 Å². The van der Waals surface area contributed by atoms with Crippen molar-refractivity contribution >= 4 is 0 Å². The van der Waals surface area contributed by atoms with Gasteiger partial charge in [-0.25, -0.2) is 0 Å². The molecule has 0 aromatic heterocycles. The molecule has 0 aromatic carbocycles. The quantitative estimate of drug-likeness (QED) is 0.301. The molecule has 0 aromatic rings. The molecule has 0 bridgehead atoms.